The Balaban J connectivity index is 1.35. The number of aromatic nitrogens is 5. The predicted octanol–water partition coefficient (Wildman–Crippen LogP) is 1.60. The first-order valence-corrected chi connectivity index (χ1v) is 8.73. The number of likely N-dealkylation sites (tertiary alicyclic amines) is 1. The van der Waals surface area contributed by atoms with Crippen molar-refractivity contribution in [2.24, 2.45) is 5.92 Å². The third kappa shape index (κ3) is 3.85. The number of pyridine rings is 1. The molecule has 0 atom stereocenters. The molecule has 1 saturated heterocycles. The van der Waals surface area contributed by atoms with Crippen LogP contribution in [0.5, 0.6) is 0 Å². The zero-order valence-electron chi connectivity index (χ0n) is 14.4. The Morgan fingerprint density at radius 3 is 2.65 bits per heavy atom. The molecule has 0 saturated carbocycles. The molecule has 0 aromatic carbocycles. The SMILES string of the molecule is O=c1cc(-c2ccncc2)ncn1CC1CCN(Cc2ncno2)CC1. The van der Waals surface area contributed by atoms with Crippen molar-refractivity contribution in [1.82, 2.24) is 29.6 Å². The molecule has 0 spiro atoms. The third-order valence-electron chi connectivity index (χ3n) is 4.78. The lowest BCUT2D eigenvalue weighted by molar-refractivity contribution is 0.150. The highest BCUT2D eigenvalue weighted by Gasteiger charge is 2.21. The molecule has 0 unspecified atom stereocenters. The maximum atomic E-state index is 12.4. The van der Waals surface area contributed by atoms with Gasteiger partial charge in [-0.3, -0.25) is 19.2 Å². The Morgan fingerprint density at radius 2 is 1.96 bits per heavy atom. The Bertz CT molecular complexity index is 886. The first-order valence-electron chi connectivity index (χ1n) is 8.73. The molecule has 0 bridgehead atoms. The Kier molecular flexibility index (Phi) is 4.83. The fourth-order valence-corrected chi connectivity index (χ4v) is 3.31. The summed E-state index contributed by atoms with van der Waals surface area (Å²) in [5.41, 5.74) is 1.57. The number of nitrogens with zero attached hydrogens (tertiary/aromatic N) is 6. The largest absolute Gasteiger partial charge is 0.338 e. The average molecular weight is 352 g/mol. The highest BCUT2D eigenvalue weighted by molar-refractivity contribution is 5.57. The van der Waals surface area contributed by atoms with Gasteiger partial charge in [-0.2, -0.15) is 4.98 Å². The lowest BCUT2D eigenvalue weighted by Gasteiger charge is -2.31. The number of rotatable bonds is 5. The van der Waals surface area contributed by atoms with E-state index in [1.807, 2.05) is 12.1 Å². The molecule has 1 aliphatic heterocycles. The molecule has 0 amide bonds. The highest BCUT2D eigenvalue weighted by atomic mass is 16.5. The van der Waals surface area contributed by atoms with Crippen LogP contribution < -0.4 is 5.56 Å². The van der Waals surface area contributed by atoms with E-state index in [1.54, 1.807) is 29.4 Å². The molecule has 1 fully saturated rings. The summed E-state index contributed by atoms with van der Waals surface area (Å²) in [6.07, 6.45) is 8.55. The first kappa shape index (κ1) is 16.6. The number of hydrogen-bond acceptors (Lipinski definition) is 7. The minimum Gasteiger partial charge on any atom is -0.338 e. The van der Waals surface area contributed by atoms with Crippen LogP contribution in [-0.4, -0.2) is 42.7 Å². The molecule has 0 aliphatic carbocycles. The van der Waals surface area contributed by atoms with E-state index in [4.69, 9.17) is 4.52 Å². The van der Waals surface area contributed by atoms with E-state index in [9.17, 15) is 4.79 Å². The Morgan fingerprint density at radius 1 is 1.15 bits per heavy atom. The molecule has 0 radical (unpaired) electrons. The van der Waals surface area contributed by atoms with E-state index in [2.05, 4.69) is 25.0 Å². The summed E-state index contributed by atoms with van der Waals surface area (Å²) in [5.74, 6) is 1.12. The van der Waals surface area contributed by atoms with Crippen molar-refractivity contribution in [3.63, 3.8) is 0 Å². The van der Waals surface area contributed by atoms with Gasteiger partial charge in [0.2, 0.25) is 5.89 Å². The molecular weight excluding hydrogens is 332 g/mol. The standard InChI is InChI=1S/C18H20N6O2/c25-18-9-16(15-1-5-19-6-2-15)21-13-24(18)10-14-3-7-23(8-4-14)11-17-20-12-22-26-17/h1-2,5-6,9,12-14H,3-4,7-8,10-11H2. The lowest BCUT2D eigenvalue weighted by atomic mass is 9.96. The van der Waals surface area contributed by atoms with Crippen LogP contribution in [0.4, 0.5) is 0 Å². The molecule has 134 valence electrons. The summed E-state index contributed by atoms with van der Waals surface area (Å²) in [4.78, 5) is 27.2. The quantitative estimate of drug-likeness (QED) is 0.689. The third-order valence-corrected chi connectivity index (χ3v) is 4.78. The van der Waals surface area contributed by atoms with Crippen LogP contribution in [0.25, 0.3) is 11.3 Å². The van der Waals surface area contributed by atoms with Crippen LogP contribution in [0.2, 0.25) is 0 Å². The summed E-state index contributed by atoms with van der Waals surface area (Å²) in [5, 5.41) is 3.64. The monoisotopic (exact) mass is 352 g/mol. The van der Waals surface area contributed by atoms with Crippen LogP contribution in [0.15, 0.2) is 52.6 Å². The van der Waals surface area contributed by atoms with Crippen molar-refractivity contribution in [1.29, 1.82) is 0 Å². The van der Waals surface area contributed by atoms with E-state index in [0.717, 1.165) is 31.5 Å². The van der Waals surface area contributed by atoms with Crippen LogP contribution in [0, 0.1) is 5.92 Å². The van der Waals surface area contributed by atoms with Gasteiger partial charge >= 0.3 is 0 Å². The van der Waals surface area contributed by atoms with Gasteiger partial charge in [0, 0.05) is 30.6 Å². The molecular formula is C18H20N6O2. The van der Waals surface area contributed by atoms with Gasteiger partial charge in [0.1, 0.15) is 0 Å². The van der Waals surface area contributed by atoms with Gasteiger partial charge < -0.3 is 4.52 Å². The smallest absolute Gasteiger partial charge is 0.253 e. The summed E-state index contributed by atoms with van der Waals surface area (Å²) >= 11 is 0. The van der Waals surface area contributed by atoms with Gasteiger partial charge in [-0.15, -0.1) is 0 Å². The summed E-state index contributed by atoms with van der Waals surface area (Å²) in [7, 11) is 0. The van der Waals surface area contributed by atoms with Gasteiger partial charge in [0.15, 0.2) is 6.33 Å². The molecule has 26 heavy (non-hydrogen) atoms. The van der Waals surface area contributed by atoms with Gasteiger partial charge in [0.25, 0.3) is 5.56 Å². The molecule has 4 heterocycles. The predicted molar refractivity (Wildman–Crippen MR) is 94.0 cm³/mol. The molecule has 3 aromatic heterocycles. The molecule has 0 N–H and O–H groups in total. The van der Waals surface area contributed by atoms with Gasteiger partial charge in [-0.1, -0.05) is 5.16 Å². The molecule has 1 aliphatic rings. The molecule has 8 heteroatoms. The minimum absolute atomic E-state index is 0.0138. The van der Waals surface area contributed by atoms with E-state index in [1.165, 1.54) is 6.33 Å². The van der Waals surface area contributed by atoms with Crippen molar-refractivity contribution in [3.8, 4) is 11.3 Å². The Labute approximate surface area is 150 Å². The van der Waals surface area contributed by atoms with Crippen molar-refractivity contribution >= 4 is 0 Å². The lowest BCUT2D eigenvalue weighted by Crippen LogP contribution is -2.36. The summed E-state index contributed by atoms with van der Waals surface area (Å²) in [6.45, 7) is 3.32. The second kappa shape index (κ2) is 7.57. The summed E-state index contributed by atoms with van der Waals surface area (Å²) < 4.78 is 6.77. The normalized spacial score (nSPS) is 16.0. The van der Waals surface area contributed by atoms with E-state index in [-0.39, 0.29) is 5.56 Å². The summed E-state index contributed by atoms with van der Waals surface area (Å²) in [6, 6.07) is 5.30. The maximum absolute atomic E-state index is 12.4. The van der Waals surface area contributed by atoms with E-state index < -0.39 is 0 Å². The fraction of sp³-hybridized carbons (Fsp3) is 0.389. The second-order valence-corrected chi connectivity index (χ2v) is 6.56. The van der Waals surface area contributed by atoms with Crippen LogP contribution >= 0.6 is 0 Å². The second-order valence-electron chi connectivity index (χ2n) is 6.56. The minimum atomic E-state index is -0.0138. The number of piperidine rings is 1. The van der Waals surface area contributed by atoms with Crippen LogP contribution in [0.3, 0.4) is 0 Å². The van der Waals surface area contributed by atoms with Gasteiger partial charge in [-0.05, 0) is 44.0 Å². The molecule has 8 nitrogen and oxygen atoms in total. The van der Waals surface area contributed by atoms with Crippen molar-refractivity contribution in [2.75, 3.05) is 13.1 Å². The van der Waals surface area contributed by atoms with Gasteiger partial charge in [0.05, 0.1) is 18.6 Å². The average Bonchev–Trinajstić information content (AvgIpc) is 3.19. The zero-order chi connectivity index (χ0) is 17.8. The first-order chi connectivity index (χ1) is 12.8. The topological polar surface area (TPSA) is 89.9 Å². The number of hydrogen-bond donors (Lipinski definition) is 0. The van der Waals surface area contributed by atoms with Crippen LogP contribution in [0.1, 0.15) is 18.7 Å². The van der Waals surface area contributed by atoms with E-state index in [0.29, 0.717) is 30.6 Å². The van der Waals surface area contributed by atoms with Crippen molar-refractivity contribution in [2.45, 2.75) is 25.9 Å². The molecule has 3 aromatic rings. The Hall–Kier alpha value is -2.87. The highest BCUT2D eigenvalue weighted by Crippen LogP contribution is 2.20. The fourth-order valence-electron chi connectivity index (χ4n) is 3.31. The zero-order valence-corrected chi connectivity index (χ0v) is 14.4. The van der Waals surface area contributed by atoms with Crippen LogP contribution in [-0.2, 0) is 13.1 Å². The van der Waals surface area contributed by atoms with Gasteiger partial charge in [-0.25, -0.2) is 4.98 Å². The van der Waals surface area contributed by atoms with Crippen molar-refractivity contribution in [3.05, 3.63) is 59.5 Å². The van der Waals surface area contributed by atoms with E-state index >= 15 is 0 Å². The maximum Gasteiger partial charge on any atom is 0.253 e. The molecule has 4 rings (SSSR count). The van der Waals surface area contributed by atoms with Crippen molar-refractivity contribution < 1.29 is 4.52 Å².